The SMILES string of the molecule is N#CCOc1ccc2nccc(Cl)c2c1.Oc1ccc2nccc(Cl)c2c1. The molecule has 2 heterocycles. The molecule has 0 unspecified atom stereocenters. The molecule has 2 aromatic heterocycles. The Hall–Kier alpha value is -3.07. The Morgan fingerprint density at radius 1 is 0.889 bits per heavy atom. The van der Waals surface area contributed by atoms with E-state index in [1.165, 1.54) is 0 Å². The maximum absolute atomic E-state index is 9.17. The lowest BCUT2D eigenvalue weighted by molar-refractivity contribution is 0.368. The quantitative estimate of drug-likeness (QED) is 0.490. The minimum absolute atomic E-state index is 0.0311. The third kappa shape index (κ3) is 4.56. The summed E-state index contributed by atoms with van der Waals surface area (Å²) in [6, 6.07) is 15.6. The van der Waals surface area contributed by atoms with E-state index in [-0.39, 0.29) is 12.4 Å². The molecule has 7 heteroatoms. The Morgan fingerprint density at radius 2 is 1.48 bits per heavy atom. The van der Waals surface area contributed by atoms with Gasteiger partial charge in [-0.25, -0.2) is 0 Å². The van der Waals surface area contributed by atoms with Crippen LogP contribution >= 0.6 is 23.2 Å². The highest BCUT2D eigenvalue weighted by molar-refractivity contribution is 6.35. The van der Waals surface area contributed by atoms with Gasteiger partial charge in [-0.05, 0) is 48.5 Å². The number of rotatable bonds is 2. The molecule has 0 aliphatic rings. The maximum atomic E-state index is 9.17. The predicted octanol–water partition coefficient (Wildman–Crippen LogP) is 5.38. The summed E-state index contributed by atoms with van der Waals surface area (Å²) in [5.41, 5.74) is 1.60. The first-order valence-electron chi connectivity index (χ1n) is 7.86. The second-order valence-corrected chi connectivity index (χ2v) is 6.23. The summed E-state index contributed by atoms with van der Waals surface area (Å²) in [5.74, 6) is 0.830. The van der Waals surface area contributed by atoms with Crippen LogP contribution in [0.5, 0.6) is 11.5 Å². The largest absolute Gasteiger partial charge is 0.508 e. The van der Waals surface area contributed by atoms with Gasteiger partial charge in [0, 0.05) is 23.2 Å². The van der Waals surface area contributed by atoms with Crippen LogP contribution in [0.4, 0.5) is 0 Å². The number of benzene rings is 2. The molecule has 27 heavy (non-hydrogen) atoms. The molecular weight excluding hydrogens is 385 g/mol. The average molecular weight is 398 g/mol. The molecule has 134 valence electrons. The van der Waals surface area contributed by atoms with E-state index in [0.717, 1.165) is 21.8 Å². The Balaban J connectivity index is 0.000000159. The maximum Gasteiger partial charge on any atom is 0.174 e. The normalized spacial score (nSPS) is 10.1. The number of hydrogen-bond acceptors (Lipinski definition) is 5. The number of fused-ring (bicyclic) bond motifs is 2. The van der Waals surface area contributed by atoms with Gasteiger partial charge < -0.3 is 9.84 Å². The van der Waals surface area contributed by atoms with Gasteiger partial charge in [-0.15, -0.1) is 0 Å². The third-order valence-electron chi connectivity index (χ3n) is 3.64. The van der Waals surface area contributed by atoms with E-state index in [1.54, 1.807) is 54.9 Å². The molecule has 0 spiro atoms. The molecule has 0 saturated carbocycles. The van der Waals surface area contributed by atoms with E-state index in [4.69, 9.17) is 38.3 Å². The first kappa shape index (κ1) is 18.7. The number of nitrogens with zero attached hydrogens (tertiary/aromatic N) is 3. The van der Waals surface area contributed by atoms with Crippen molar-refractivity contribution in [3.8, 4) is 17.6 Å². The fraction of sp³-hybridized carbons (Fsp3) is 0.0500. The number of aromatic nitrogens is 2. The molecule has 0 aliphatic heterocycles. The van der Waals surface area contributed by atoms with Crippen LogP contribution in [-0.4, -0.2) is 21.7 Å². The highest BCUT2D eigenvalue weighted by Gasteiger charge is 2.02. The summed E-state index contributed by atoms with van der Waals surface area (Å²) >= 11 is 11.9. The Kier molecular flexibility index (Phi) is 5.92. The van der Waals surface area contributed by atoms with Crippen LogP contribution in [-0.2, 0) is 0 Å². The van der Waals surface area contributed by atoms with Crippen LogP contribution < -0.4 is 4.74 Å². The van der Waals surface area contributed by atoms with Crippen molar-refractivity contribution in [2.45, 2.75) is 0 Å². The lowest BCUT2D eigenvalue weighted by atomic mass is 10.2. The molecular formula is C20H13Cl2N3O2. The number of nitriles is 1. The Labute approximate surface area is 165 Å². The number of phenols is 1. The van der Waals surface area contributed by atoms with Crippen LogP contribution in [0.2, 0.25) is 10.0 Å². The van der Waals surface area contributed by atoms with Crippen LogP contribution in [0.3, 0.4) is 0 Å². The molecule has 4 aromatic rings. The number of hydrogen-bond donors (Lipinski definition) is 1. The summed E-state index contributed by atoms with van der Waals surface area (Å²) in [6.45, 7) is 0.0311. The summed E-state index contributed by atoms with van der Waals surface area (Å²) < 4.78 is 5.17. The van der Waals surface area contributed by atoms with Gasteiger partial charge in [-0.3, -0.25) is 9.97 Å². The number of phenolic OH excluding ortho intramolecular Hbond substituents is 1. The number of halogens is 2. The van der Waals surface area contributed by atoms with Gasteiger partial charge in [0.05, 0.1) is 21.1 Å². The lowest BCUT2D eigenvalue weighted by Gasteiger charge is -2.03. The van der Waals surface area contributed by atoms with Crippen molar-refractivity contribution >= 4 is 45.0 Å². The number of pyridine rings is 2. The zero-order chi connectivity index (χ0) is 19.2. The molecule has 0 amide bonds. The minimum Gasteiger partial charge on any atom is -0.508 e. The van der Waals surface area contributed by atoms with Crippen LogP contribution in [0, 0.1) is 11.3 Å². The van der Waals surface area contributed by atoms with Gasteiger partial charge >= 0.3 is 0 Å². The van der Waals surface area contributed by atoms with E-state index in [9.17, 15) is 0 Å². The summed E-state index contributed by atoms with van der Waals surface area (Å²) in [7, 11) is 0. The van der Waals surface area contributed by atoms with Gasteiger partial charge in [0.25, 0.3) is 0 Å². The molecule has 0 aliphatic carbocycles. The molecule has 0 saturated heterocycles. The molecule has 0 radical (unpaired) electrons. The van der Waals surface area contributed by atoms with E-state index in [1.807, 2.05) is 12.1 Å². The monoisotopic (exact) mass is 397 g/mol. The van der Waals surface area contributed by atoms with Crippen LogP contribution in [0.1, 0.15) is 0 Å². The van der Waals surface area contributed by atoms with Gasteiger partial charge in [-0.1, -0.05) is 23.2 Å². The second-order valence-electron chi connectivity index (χ2n) is 5.41. The highest BCUT2D eigenvalue weighted by Crippen LogP contribution is 2.26. The zero-order valence-electron chi connectivity index (χ0n) is 13.9. The van der Waals surface area contributed by atoms with Gasteiger partial charge in [-0.2, -0.15) is 5.26 Å². The van der Waals surface area contributed by atoms with E-state index >= 15 is 0 Å². The minimum atomic E-state index is 0.0311. The van der Waals surface area contributed by atoms with Gasteiger partial charge in [0.2, 0.25) is 0 Å². The molecule has 4 rings (SSSR count). The Morgan fingerprint density at radius 3 is 2.11 bits per heavy atom. The smallest absolute Gasteiger partial charge is 0.174 e. The van der Waals surface area contributed by atoms with Crippen molar-refractivity contribution in [3.05, 3.63) is 71.0 Å². The van der Waals surface area contributed by atoms with E-state index in [2.05, 4.69) is 9.97 Å². The molecule has 2 aromatic carbocycles. The summed E-state index contributed by atoms with van der Waals surface area (Å²) in [6.07, 6.45) is 3.29. The van der Waals surface area contributed by atoms with Crippen LogP contribution in [0.15, 0.2) is 60.9 Å². The van der Waals surface area contributed by atoms with Crippen molar-refractivity contribution in [1.29, 1.82) is 5.26 Å². The van der Waals surface area contributed by atoms with Crippen molar-refractivity contribution < 1.29 is 9.84 Å². The van der Waals surface area contributed by atoms with Crippen molar-refractivity contribution in [2.75, 3.05) is 6.61 Å². The second kappa shape index (κ2) is 8.54. The average Bonchev–Trinajstić information content (AvgIpc) is 2.68. The number of ether oxygens (including phenoxy) is 1. The van der Waals surface area contributed by atoms with Crippen molar-refractivity contribution in [3.63, 3.8) is 0 Å². The standard InChI is InChI=1S/C11H7ClN2O.C9H6ClNO/c12-10-3-5-14-11-2-1-8(7-9(10)11)15-6-4-13;10-8-3-4-11-9-2-1-6(12)5-7(8)9/h1-3,5,7H,6H2;1-5,12H. The van der Waals surface area contributed by atoms with Gasteiger partial charge in [0.15, 0.2) is 6.61 Å². The van der Waals surface area contributed by atoms with Crippen LogP contribution in [0.25, 0.3) is 21.8 Å². The van der Waals surface area contributed by atoms with E-state index in [0.29, 0.717) is 15.8 Å². The lowest BCUT2D eigenvalue weighted by Crippen LogP contribution is -1.93. The Bertz CT molecular complexity index is 1140. The van der Waals surface area contributed by atoms with Gasteiger partial charge in [0.1, 0.15) is 17.6 Å². The summed E-state index contributed by atoms with van der Waals surface area (Å²) in [5, 5.41) is 20.4. The fourth-order valence-corrected chi connectivity index (χ4v) is 2.81. The highest BCUT2D eigenvalue weighted by atomic mass is 35.5. The summed E-state index contributed by atoms with van der Waals surface area (Å²) in [4.78, 5) is 8.25. The molecule has 0 atom stereocenters. The molecule has 5 nitrogen and oxygen atoms in total. The fourth-order valence-electron chi connectivity index (χ4n) is 2.40. The first-order valence-corrected chi connectivity index (χ1v) is 8.61. The third-order valence-corrected chi connectivity index (χ3v) is 4.29. The van der Waals surface area contributed by atoms with Crippen molar-refractivity contribution in [2.24, 2.45) is 0 Å². The first-order chi connectivity index (χ1) is 13.1. The molecule has 0 bridgehead atoms. The molecule has 0 fully saturated rings. The zero-order valence-corrected chi connectivity index (χ0v) is 15.4. The molecule has 1 N–H and O–H groups in total. The topological polar surface area (TPSA) is 79.0 Å². The van der Waals surface area contributed by atoms with E-state index < -0.39 is 0 Å². The number of aromatic hydroxyl groups is 1. The predicted molar refractivity (Wildman–Crippen MR) is 106 cm³/mol. The van der Waals surface area contributed by atoms with Crippen molar-refractivity contribution in [1.82, 2.24) is 9.97 Å².